The average molecular weight is 336 g/mol. The molecular weight excluding hydrogens is 319 g/mol. The summed E-state index contributed by atoms with van der Waals surface area (Å²) in [5, 5.41) is 0. The van der Waals surface area contributed by atoms with Crippen molar-refractivity contribution >= 4 is 15.8 Å². The van der Waals surface area contributed by atoms with Crippen molar-refractivity contribution in [1.82, 2.24) is 14.7 Å². The number of piperidine rings is 1. The van der Waals surface area contributed by atoms with Gasteiger partial charge in [0, 0.05) is 31.5 Å². The largest absolute Gasteiger partial charge is 0.354 e. The Hall–Kier alpha value is -2.06. The topological polar surface area (TPSA) is 75.2 Å². The number of aromatic nitrogens is 2. The fourth-order valence-electron chi connectivity index (χ4n) is 2.66. The lowest BCUT2D eigenvalue weighted by Crippen LogP contribution is -2.48. The molecule has 1 fully saturated rings. The number of anilines is 1. The van der Waals surface area contributed by atoms with Crippen LogP contribution in [0, 0.1) is 5.82 Å². The van der Waals surface area contributed by atoms with E-state index >= 15 is 0 Å². The molecule has 2 aromatic rings. The second-order valence-corrected chi connectivity index (χ2v) is 7.14. The van der Waals surface area contributed by atoms with E-state index in [0.717, 1.165) is 31.3 Å². The van der Waals surface area contributed by atoms with Crippen LogP contribution in [-0.4, -0.2) is 37.5 Å². The molecule has 8 heteroatoms. The monoisotopic (exact) mass is 336 g/mol. The van der Waals surface area contributed by atoms with Crippen LogP contribution in [0.3, 0.4) is 0 Å². The fraction of sp³-hybridized carbons (Fsp3) is 0.333. The Morgan fingerprint density at radius 3 is 2.91 bits per heavy atom. The van der Waals surface area contributed by atoms with Crippen molar-refractivity contribution in [2.24, 2.45) is 0 Å². The third-order valence-corrected chi connectivity index (χ3v) is 5.24. The van der Waals surface area contributed by atoms with Crippen LogP contribution in [-0.2, 0) is 10.0 Å². The number of benzene rings is 1. The summed E-state index contributed by atoms with van der Waals surface area (Å²) in [6, 6.07) is 4.76. The molecule has 3 rings (SSSR count). The van der Waals surface area contributed by atoms with Gasteiger partial charge in [-0.25, -0.2) is 22.5 Å². The lowest BCUT2D eigenvalue weighted by atomic mass is 10.1. The van der Waals surface area contributed by atoms with E-state index in [-0.39, 0.29) is 10.9 Å². The van der Waals surface area contributed by atoms with Crippen LogP contribution in [0.15, 0.2) is 47.8 Å². The van der Waals surface area contributed by atoms with E-state index in [0.29, 0.717) is 6.54 Å². The fourth-order valence-corrected chi connectivity index (χ4v) is 3.95. The summed E-state index contributed by atoms with van der Waals surface area (Å²) in [5.74, 6) is 0.153. The van der Waals surface area contributed by atoms with E-state index in [1.807, 2.05) is 4.90 Å². The second-order valence-electron chi connectivity index (χ2n) is 5.43. The Labute approximate surface area is 134 Å². The van der Waals surface area contributed by atoms with Crippen molar-refractivity contribution in [3.05, 3.63) is 48.7 Å². The molecule has 23 heavy (non-hydrogen) atoms. The molecule has 0 spiro atoms. The molecule has 1 aliphatic rings. The zero-order valence-electron chi connectivity index (χ0n) is 12.4. The maximum atomic E-state index is 13.2. The summed E-state index contributed by atoms with van der Waals surface area (Å²) in [5.41, 5.74) is 0. The molecule has 0 radical (unpaired) electrons. The van der Waals surface area contributed by atoms with Gasteiger partial charge >= 0.3 is 0 Å². The first-order valence-corrected chi connectivity index (χ1v) is 8.82. The summed E-state index contributed by atoms with van der Waals surface area (Å²) >= 11 is 0. The minimum atomic E-state index is -3.74. The highest BCUT2D eigenvalue weighted by Crippen LogP contribution is 2.18. The lowest BCUT2D eigenvalue weighted by Gasteiger charge is -2.33. The van der Waals surface area contributed by atoms with Crippen molar-refractivity contribution in [3.63, 3.8) is 0 Å². The third-order valence-electron chi connectivity index (χ3n) is 3.72. The van der Waals surface area contributed by atoms with E-state index in [2.05, 4.69) is 14.7 Å². The highest BCUT2D eigenvalue weighted by molar-refractivity contribution is 7.89. The Balaban J connectivity index is 1.72. The quantitative estimate of drug-likeness (QED) is 0.917. The normalized spacial score (nSPS) is 18.8. The summed E-state index contributed by atoms with van der Waals surface area (Å²) in [7, 11) is -3.74. The Morgan fingerprint density at radius 1 is 1.30 bits per heavy atom. The molecule has 1 aromatic carbocycles. The first-order chi connectivity index (χ1) is 11.0. The van der Waals surface area contributed by atoms with Crippen LogP contribution in [0.5, 0.6) is 0 Å². The standard InChI is InChI=1S/C15H17FN4O2S/c16-12-3-1-5-14(9-12)23(21,22)19-13-4-2-8-20(11-13)15-10-17-6-7-18-15/h1,3,5-7,9-10,13,19H,2,4,8,11H2/t13-/m1/s1. The molecule has 2 heterocycles. The van der Waals surface area contributed by atoms with Gasteiger partial charge in [-0.15, -0.1) is 0 Å². The van der Waals surface area contributed by atoms with Gasteiger partial charge in [0.25, 0.3) is 0 Å². The molecule has 0 aliphatic carbocycles. The van der Waals surface area contributed by atoms with Crippen LogP contribution >= 0.6 is 0 Å². The maximum Gasteiger partial charge on any atom is 0.240 e. The molecule has 6 nitrogen and oxygen atoms in total. The molecule has 122 valence electrons. The van der Waals surface area contributed by atoms with Crippen LogP contribution in [0.4, 0.5) is 10.2 Å². The Kier molecular flexibility index (Phi) is 4.53. The molecule has 1 N–H and O–H groups in total. The number of rotatable bonds is 4. The van der Waals surface area contributed by atoms with Crippen molar-refractivity contribution < 1.29 is 12.8 Å². The Bertz CT molecular complexity index is 770. The molecule has 0 unspecified atom stereocenters. The average Bonchev–Trinajstić information content (AvgIpc) is 2.55. The predicted molar refractivity (Wildman–Crippen MR) is 84.0 cm³/mol. The van der Waals surface area contributed by atoms with Gasteiger partial charge in [-0.1, -0.05) is 6.07 Å². The number of halogens is 1. The van der Waals surface area contributed by atoms with Gasteiger partial charge in [0.1, 0.15) is 11.6 Å². The number of hydrogen-bond donors (Lipinski definition) is 1. The molecule has 1 aromatic heterocycles. The number of hydrogen-bond acceptors (Lipinski definition) is 5. The van der Waals surface area contributed by atoms with Crippen LogP contribution < -0.4 is 9.62 Å². The first kappa shape index (κ1) is 15.8. The molecule has 0 amide bonds. The van der Waals surface area contributed by atoms with E-state index in [9.17, 15) is 12.8 Å². The van der Waals surface area contributed by atoms with Crippen molar-refractivity contribution in [1.29, 1.82) is 0 Å². The minimum absolute atomic E-state index is 0.0610. The number of nitrogens with one attached hydrogen (secondary N) is 1. The van der Waals surface area contributed by atoms with E-state index in [1.54, 1.807) is 18.6 Å². The van der Waals surface area contributed by atoms with E-state index in [4.69, 9.17) is 0 Å². The number of sulfonamides is 1. The van der Waals surface area contributed by atoms with Crippen molar-refractivity contribution in [3.8, 4) is 0 Å². The summed E-state index contributed by atoms with van der Waals surface area (Å²) < 4.78 is 40.6. The summed E-state index contributed by atoms with van der Waals surface area (Å²) in [6.45, 7) is 1.31. The first-order valence-electron chi connectivity index (χ1n) is 7.33. The lowest BCUT2D eigenvalue weighted by molar-refractivity contribution is 0.463. The van der Waals surface area contributed by atoms with Gasteiger partial charge in [0.15, 0.2) is 0 Å². The van der Waals surface area contributed by atoms with Gasteiger partial charge in [-0.05, 0) is 31.0 Å². The van der Waals surface area contributed by atoms with E-state index in [1.165, 1.54) is 18.2 Å². The molecule has 1 saturated heterocycles. The Morgan fingerprint density at radius 2 is 2.17 bits per heavy atom. The zero-order chi connectivity index (χ0) is 16.3. The van der Waals surface area contributed by atoms with Gasteiger partial charge in [-0.3, -0.25) is 4.98 Å². The van der Waals surface area contributed by atoms with Gasteiger partial charge in [0.2, 0.25) is 10.0 Å². The van der Waals surface area contributed by atoms with Crippen molar-refractivity contribution in [2.45, 2.75) is 23.8 Å². The SMILES string of the molecule is O=S(=O)(N[C@@H]1CCCN(c2cnccn2)C1)c1cccc(F)c1. The highest BCUT2D eigenvalue weighted by Gasteiger charge is 2.26. The maximum absolute atomic E-state index is 13.2. The predicted octanol–water partition coefficient (Wildman–Crippen LogP) is 1.56. The van der Waals surface area contributed by atoms with Gasteiger partial charge in [0.05, 0.1) is 11.1 Å². The molecule has 0 bridgehead atoms. The molecule has 1 atom stereocenters. The summed E-state index contributed by atoms with van der Waals surface area (Å²) in [4.78, 5) is 10.2. The van der Waals surface area contributed by atoms with Crippen molar-refractivity contribution in [2.75, 3.05) is 18.0 Å². The van der Waals surface area contributed by atoms with Crippen LogP contribution in [0.2, 0.25) is 0 Å². The van der Waals surface area contributed by atoms with Crippen LogP contribution in [0.25, 0.3) is 0 Å². The third kappa shape index (κ3) is 3.83. The smallest absolute Gasteiger partial charge is 0.240 e. The highest BCUT2D eigenvalue weighted by atomic mass is 32.2. The van der Waals surface area contributed by atoms with E-state index < -0.39 is 15.8 Å². The van der Waals surface area contributed by atoms with Gasteiger partial charge in [-0.2, -0.15) is 0 Å². The molecule has 0 saturated carbocycles. The molecular formula is C15H17FN4O2S. The minimum Gasteiger partial charge on any atom is -0.354 e. The number of nitrogens with zero attached hydrogens (tertiary/aromatic N) is 3. The van der Waals surface area contributed by atoms with Crippen LogP contribution in [0.1, 0.15) is 12.8 Å². The summed E-state index contributed by atoms with van der Waals surface area (Å²) in [6.07, 6.45) is 6.43. The second kappa shape index (κ2) is 6.59. The van der Waals surface area contributed by atoms with Gasteiger partial charge < -0.3 is 4.90 Å². The zero-order valence-corrected chi connectivity index (χ0v) is 13.2. The molecule has 1 aliphatic heterocycles.